The Labute approximate surface area is 99.3 Å². The number of hydrogen-bond acceptors (Lipinski definition) is 3. The van der Waals surface area contributed by atoms with Gasteiger partial charge in [-0.25, -0.2) is 13.6 Å². The Morgan fingerprint density at radius 2 is 2.06 bits per heavy atom. The van der Waals surface area contributed by atoms with Crippen LogP contribution in [0.4, 0.5) is 13.6 Å². The van der Waals surface area contributed by atoms with E-state index < -0.39 is 35.7 Å². The topological polar surface area (TPSA) is 58.6 Å². The number of carbonyl (C=O) groups is 1. The van der Waals surface area contributed by atoms with Crippen LogP contribution in [0.2, 0.25) is 0 Å². The second kappa shape index (κ2) is 4.40. The summed E-state index contributed by atoms with van der Waals surface area (Å²) in [7, 11) is 0. The van der Waals surface area contributed by atoms with Crippen LogP contribution >= 0.6 is 0 Å². The molecule has 2 N–H and O–H groups in total. The van der Waals surface area contributed by atoms with E-state index >= 15 is 0 Å². The van der Waals surface area contributed by atoms with Crippen molar-refractivity contribution in [1.29, 1.82) is 0 Å². The summed E-state index contributed by atoms with van der Waals surface area (Å²) in [4.78, 5) is 11.5. The van der Waals surface area contributed by atoms with Crippen molar-refractivity contribution in [2.45, 2.75) is 57.8 Å². The number of hydrogen-bond donors (Lipinski definition) is 2. The molecule has 0 aromatic carbocycles. The van der Waals surface area contributed by atoms with Gasteiger partial charge in [0.2, 0.25) is 6.43 Å². The molecule has 1 rings (SSSR count). The van der Waals surface area contributed by atoms with Gasteiger partial charge in [0.05, 0.1) is 11.6 Å². The lowest BCUT2D eigenvalue weighted by Gasteiger charge is -2.26. The molecule has 0 bridgehead atoms. The third kappa shape index (κ3) is 3.28. The Bertz CT molecular complexity index is 302. The summed E-state index contributed by atoms with van der Waals surface area (Å²) in [6.45, 7) is 6.43. The lowest BCUT2D eigenvalue weighted by molar-refractivity contribution is 0.0317. The van der Waals surface area contributed by atoms with Crippen LogP contribution < -0.4 is 5.32 Å². The second-order valence-electron chi connectivity index (χ2n) is 5.49. The van der Waals surface area contributed by atoms with Crippen molar-refractivity contribution in [3.8, 4) is 0 Å². The molecule has 1 amide bonds. The number of amides is 1. The van der Waals surface area contributed by atoms with Gasteiger partial charge in [-0.1, -0.05) is 0 Å². The van der Waals surface area contributed by atoms with Gasteiger partial charge in [-0.3, -0.25) is 0 Å². The van der Waals surface area contributed by atoms with Crippen LogP contribution in [-0.2, 0) is 4.74 Å². The largest absolute Gasteiger partial charge is 0.444 e. The monoisotopic (exact) mass is 251 g/mol. The van der Waals surface area contributed by atoms with E-state index in [1.807, 2.05) is 0 Å². The number of alkyl carbamates (subject to hydrolysis) is 1. The first kappa shape index (κ1) is 14.2. The quantitative estimate of drug-likeness (QED) is 0.805. The van der Waals surface area contributed by atoms with Crippen LogP contribution in [0.5, 0.6) is 0 Å². The third-order valence-corrected chi connectivity index (χ3v) is 2.84. The van der Waals surface area contributed by atoms with Crippen molar-refractivity contribution in [2.24, 2.45) is 5.92 Å². The fourth-order valence-electron chi connectivity index (χ4n) is 1.84. The SMILES string of the molecule is CC(O)[C@@]1(NC(=O)OC(C)(C)C)C[C@H]1C(F)F. The van der Waals surface area contributed by atoms with E-state index in [4.69, 9.17) is 4.74 Å². The number of aliphatic hydroxyl groups is 1. The maximum atomic E-state index is 12.6. The summed E-state index contributed by atoms with van der Waals surface area (Å²) in [6.07, 6.45) is -4.29. The first-order valence-corrected chi connectivity index (χ1v) is 5.56. The molecular formula is C11H19F2NO3. The van der Waals surface area contributed by atoms with E-state index in [2.05, 4.69) is 5.32 Å². The van der Waals surface area contributed by atoms with Crippen LogP contribution in [0.15, 0.2) is 0 Å². The van der Waals surface area contributed by atoms with E-state index in [0.29, 0.717) is 0 Å². The fourth-order valence-corrected chi connectivity index (χ4v) is 1.84. The summed E-state index contributed by atoms with van der Waals surface area (Å²) in [5.41, 5.74) is -1.93. The van der Waals surface area contributed by atoms with Gasteiger partial charge >= 0.3 is 6.09 Å². The minimum absolute atomic E-state index is 0.0710. The number of ether oxygens (including phenoxy) is 1. The lowest BCUT2D eigenvalue weighted by atomic mass is 10.1. The molecule has 0 aliphatic heterocycles. The highest BCUT2D eigenvalue weighted by molar-refractivity contribution is 5.69. The minimum Gasteiger partial charge on any atom is -0.444 e. The zero-order valence-electron chi connectivity index (χ0n) is 10.5. The smallest absolute Gasteiger partial charge is 0.408 e. The maximum Gasteiger partial charge on any atom is 0.408 e. The Morgan fingerprint density at radius 1 is 1.53 bits per heavy atom. The first-order chi connectivity index (χ1) is 7.58. The van der Waals surface area contributed by atoms with E-state index in [1.54, 1.807) is 20.8 Å². The standard InChI is InChI=1S/C11H19F2NO3/c1-6(15)11(5-7(11)8(12)13)14-9(16)17-10(2,3)4/h6-8,15H,5H2,1-4H3,(H,14,16)/t6?,7-,11-/m0/s1. The van der Waals surface area contributed by atoms with E-state index in [9.17, 15) is 18.7 Å². The highest BCUT2D eigenvalue weighted by Gasteiger charge is 2.63. The second-order valence-corrected chi connectivity index (χ2v) is 5.49. The normalized spacial score (nSPS) is 30.0. The van der Waals surface area contributed by atoms with E-state index in [1.165, 1.54) is 6.92 Å². The third-order valence-electron chi connectivity index (χ3n) is 2.84. The molecule has 0 aromatic heterocycles. The predicted octanol–water partition coefficient (Wildman–Crippen LogP) is 1.92. The van der Waals surface area contributed by atoms with Crippen molar-refractivity contribution in [3.05, 3.63) is 0 Å². The fraction of sp³-hybridized carbons (Fsp3) is 0.909. The van der Waals surface area contributed by atoms with Crippen LogP contribution in [0.1, 0.15) is 34.1 Å². The molecule has 1 fully saturated rings. The van der Waals surface area contributed by atoms with Gasteiger partial charge in [-0.15, -0.1) is 0 Å². The van der Waals surface area contributed by atoms with Crippen LogP contribution in [-0.4, -0.2) is 34.9 Å². The Hall–Kier alpha value is -0.910. The van der Waals surface area contributed by atoms with Gasteiger partial charge in [0.1, 0.15) is 5.60 Å². The number of aliphatic hydroxyl groups excluding tert-OH is 1. The highest BCUT2D eigenvalue weighted by atomic mass is 19.3. The van der Waals surface area contributed by atoms with Crippen LogP contribution in [0.3, 0.4) is 0 Å². The lowest BCUT2D eigenvalue weighted by Crippen LogP contribution is -2.48. The van der Waals surface area contributed by atoms with Crippen molar-refractivity contribution < 1.29 is 23.4 Å². The number of halogens is 2. The van der Waals surface area contributed by atoms with Gasteiger partial charge in [0.15, 0.2) is 0 Å². The maximum absolute atomic E-state index is 12.6. The van der Waals surface area contributed by atoms with Crippen LogP contribution in [0.25, 0.3) is 0 Å². The number of alkyl halides is 2. The molecule has 0 radical (unpaired) electrons. The molecule has 1 saturated carbocycles. The van der Waals surface area contributed by atoms with Gasteiger partial charge in [-0.05, 0) is 34.1 Å². The van der Waals surface area contributed by atoms with Gasteiger partial charge in [0, 0.05) is 5.92 Å². The number of rotatable bonds is 3. The molecule has 4 nitrogen and oxygen atoms in total. The van der Waals surface area contributed by atoms with Crippen molar-refractivity contribution >= 4 is 6.09 Å². The molecule has 0 spiro atoms. The average Bonchev–Trinajstić information content (AvgIpc) is 2.76. The zero-order valence-corrected chi connectivity index (χ0v) is 10.5. The average molecular weight is 251 g/mol. The van der Waals surface area contributed by atoms with Crippen LogP contribution in [0, 0.1) is 5.92 Å². The zero-order chi connectivity index (χ0) is 13.4. The molecule has 0 saturated heterocycles. The molecule has 100 valence electrons. The van der Waals surface area contributed by atoms with E-state index in [0.717, 1.165) is 0 Å². The molecule has 0 aromatic rings. The first-order valence-electron chi connectivity index (χ1n) is 5.56. The summed E-state index contributed by atoms with van der Waals surface area (Å²) < 4.78 is 30.1. The summed E-state index contributed by atoms with van der Waals surface area (Å²) in [5, 5.41) is 11.9. The molecule has 17 heavy (non-hydrogen) atoms. The van der Waals surface area contributed by atoms with Crippen molar-refractivity contribution in [3.63, 3.8) is 0 Å². The van der Waals surface area contributed by atoms with E-state index in [-0.39, 0.29) is 6.42 Å². The Morgan fingerprint density at radius 3 is 2.35 bits per heavy atom. The number of nitrogens with one attached hydrogen (secondary N) is 1. The van der Waals surface area contributed by atoms with Gasteiger partial charge < -0.3 is 15.2 Å². The molecular weight excluding hydrogens is 232 g/mol. The highest BCUT2D eigenvalue weighted by Crippen LogP contribution is 2.49. The van der Waals surface area contributed by atoms with Gasteiger partial charge in [0.25, 0.3) is 0 Å². The predicted molar refractivity (Wildman–Crippen MR) is 57.9 cm³/mol. The summed E-state index contributed by atoms with van der Waals surface area (Å²) >= 11 is 0. The van der Waals surface area contributed by atoms with Gasteiger partial charge in [-0.2, -0.15) is 0 Å². The molecule has 1 aliphatic rings. The van der Waals surface area contributed by atoms with Crippen molar-refractivity contribution in [1.82, 2.24) is 5.32 Å². The number of carbonyl (C=O) groups excluding carboxylic acids is 1. The molecule has 1 unspecified atom stereocenters. The molecule has 3 atom stereocenters. The minimum atomic E-state index is -2.56. The molecule has 6 heteroatoms. The summed E-state index contributed by atoms with van der Waals surface area (Å²) in [5.74, 6) is -1.00. The Balaban J connectivity index is 2.62. The Kier molecular flexibility index (Phi) is 3.66. The molecule has 1 aliphatic carbocycles. The summed E-state index contributed by atoms with van der Waals surface area (Å²) in [6, 6.07) is 0. The van der Waals surface area contributed by atoms with Crippen molar-refractivity contribution in [2.75, 3.05) is 0 Å². The molecule has 0 heterocycles.